The predicted molar refractivity (Wildman–Crippen MR) is 51.3 cm³/mol. The van der Waals surface area contributed by atoms with Crippen molar-refractivity contribution in [3.8, 4) is 0 Å². The van der Waals surface area contributed by atoms with Gasteiger partial charge in [0.2, 0.25) is 0 Å². The molecule has 0 radical (unpaired) electrons. The zero-order valence-corrected chi connectivity index (χ0v) is 8.11. The molecule has 2 rings (SSSR count). The molecule has 0 aromatic heterocycles. The maximum absolute atomic E-state index is 13.5. The molecule has 1 aromatic rings. The summed E-state index contributed by atoms with van der Waals surface area (Å²) in [7, 11) is 0. The van der Waals surface area contributed by atoms with Crippen molar-refractivity contribution < 1.29 is 8.78 Å². The minimum absolute atomic E-state index is 0.130. The molecule has 0 saturated carbocycles. The number of nitrogens with one attached hydrogen (secondary N) is 1. The molecule has 3 heteroatoms. The Balaban J connectivity index is 2.37. The topological polar surface area (TPSA) is 12.0 Å². The van der Waals surface area contributed by atoms with E-state index < -0.39 is 0 Å². The molecule has 1 atom stereocenters. The summed E-state index contributed by atoms with van der Waals surface area (Å²) in [6.07, 6.45) is 0.888. The summed E-state index contributed by atoms with van der Waals surface area (Å²) in [4.78, 5) is 0. The van der Waals surface area contributed by atoms with Gasteiger partial charge in [0.05, 0.1) is 0 Å². The molecule has 1 aliphatic rings. The van der Waals surface area contributed by atoms with Crippen LogP contribution in [0.3, 0.4) is 0 Å². The summed E-state index contributed by atoms with van der Waals surface area (Å²) in [5, 5.41) is 3.14. The molecular weight excluding hydrogens is 184 g/mol. The van der Waals surface area contributed by atoms with E-state index in [1.807, 2.05) is 0 Å². The maximum atomic E-state index is 13.5. The molecule has 1 aliphatic heterocycles. The van der Waals surface area contributed by atoms with Crippen LogP contribution in [0, 0.1) is 18.6 Å². The van der Waals surface area contributed by atoms with E-state index in [1.54, 1.807) is 6.92 Å². The molecule has 1 aromatic carbocycles. The minimum Gasteiger partial charge on any atom is -0.316 e. The summed E-state index contributed by atoms with van der Waals surface area (Å²) >= 11 is 0. The Morgan fingerprint density at radius 2 is 2.07 bits per heavy atom. The lowest BCUT2D eigenvalue weighted by Gasteiger charge is -2.11. The van der Waals surface area contributed by atoms with E-state index in [0.717, 1.165) is 19.5 Å². The van der Waals surface area contributed by atoms with Crippen molar-refractivity contribution in [3.05, 3.63) is 34.9 Å². The molecule has 0 bridgehead atoms. The van der Waals surface area contributed by atoms with Crippen molar-refractivity contribution in [2.45, 2.75) is 19.3 Å². The van der Waals surface area contributed by atoms with Crippen molar-refractivity contribution in [1.29, 1.82) is 0 Å². The Hall–Kier alpha value is -0.960. The van der Waals surface area contributed by atoms with Crippen LogP contribution in [0.4, 0.5) is 8.78 Å². The quantitative estimate of drug-likeness (QED) is 0.728. The van der Waals surface area contributed by atoms with E-state index in [2.05, 4.69) is 5.32 Å². The Labute approximate surface area is 82.1 Å². The molecule has 1 fully saturated rings. The summed E-state index contributed by atoms with van der Waals surface area (Å²) in [5.41, 5.74) is 0.885. The summed E-state index contributed by atoms with van der Waals surface area (Å²) < 4.78 is 26.7. The van der Waals surface area contributed by atoms with Gasteiger partial charge in [0.25, 0.3) is 0 Å². The van der Waals surface area contributed by atoms with Crippen LogP contribution in [0.25, 0.3) is 0 Å². The van der Waals surface area contributed by atoms with E-state index in [0.29, 0.717) is 11.1 Å². The van der Waals surface area contributed by atoms with Crippen molar-refractivity contribution in [1.82, 2.24) is 5.32 Å². The molecule has 1 unspecified atom stereocenters. The third kappa shape index (κ3) is 1.64. The Morgan fingerprint density at radius 1 is 1.29 bits per heavy atom. The smallest absolute Gasteiger partial charge is 0.127 e. The number of hydrogen-bond acceptors (Lipinski definition) is 1. The normalized spacial score (nSPS) is 21.5. The molecule has 1 nitrogen and oxygen atoms in total. The standard InChI is InChI=1S/C11H13F2N/c1-7-4-11(13)9(5-10(7)12)8-2-3-14-6-8/h4-5,8,14H,2-3,6H2,1H3. The Bertz CT molecular complexity index is 343. The summed E-state index contributed by atoms with van der Waals surface area (Å²) in [6.45, 7) is 3.22. The molecule has 14 heavy (non-hydrogen) atoms. The van der Waals surface area contributed by atoms with Gasteiger partial charge in [0.15, 0.2) is 0 Å². The highest BCUT2D eigenvalue weighted by Gasteiger charge is 2.20. The highest BCUT2D eigenvalue weighted by atomic mass is 19.1. The molecule has 0 spiro atoms. The van der Waals surface area contributed by atoms with Crippen LogP contribution >= 0.6 is 0 Å². The first-order valence-corrected chi connectivity index (χ1v) is 4.84. The highest BCUT2D eigenvalue weighted by Crippen LogP contribution is 2.26. The van der Waals surface area contributed by atoms with Gasteiger partial charge in [0, 0.05) is 12.5 Å². The minimum atomic E-state index is -0.312. The first-order valence-electron chi connectivity index (χ1n) is 4.84. The van der Waals surface area contributed by atoms with Crippen molar-refractivity contribution in [3.63, 3.8) is 0 Å². The van der Waals surface area contributed by atoms with Crippen LogP contribution in [0.5, 0.6) is 0 Å². The molecule has 0 amide bonds. The average molecular weight is 197 g/mol. The number of rotatable bonds is 1. The predicted octanol–water partition coefficient (Wildman–Crippen LogP) is 2.35. The second-order valence-electron chi connectivity index (χ2n) is 3.81. The van der Waals surface area contributed by atoms with Crippen molar-refractivity contribution in [2.24, 2.45) is 0 Å². The zero-order valence-electron chi connectivity index (χ0n) is 8.11. The SMILES string of the molecule is Cc1cc(F)c(C2CCNC2)cc1F. The third-order valence-electron chi connectivity index (χ3n) is 2.78. The van der Waals surface area contributed by atoms with Gasteiger partial charge in [-0.3, -0.25) is 0 Å². The van der Waals surface area contributed by atoms with E-state index in [9.17, 15) is 8.78 Å². The third-order valence-corrected chi connectivity index (χ3v) is 2.78. The molecule has 1 saturated heterocycles. The fraction of sp³-hybridized carbons (Fsp3) is 0.455. The van der Waals surface area contributed by atoms with Crippen LogP contribution in [0.2, 0.25) is 0 Å². The van der Waals surface area contributed by atoms with Gasteiger partial charge in [-0.05, 0) is 43.1 Å². The second-order valence-corrected chi connectivity index (χ2v) is 3.81. The van der Waals surface area contributed by atoms with Crippen LogP contribution in [-0.2, 0) is 0 Å². The van der Waals surface area contributed by atoms with Crippen LogP contribution in [-0.4, -0.2) is 13.1 Å². The van der Waals surface area contributed by atoms with Crippen LogP contribution in [0.15, 0.2) is 12.1 Å². The van der Waals surface area contributed by atoms with E-state index in [4.69, 9.17) is 0 Å². The zero-order chi connectivity index (χ0) is 10.1. The summed E-state index contributed by atoms with van der Waals surface area (Å²) in [5.74, 6) is -0.462. The van der Waals surface area contributed by atoms with Crippen LogP contribution < -0.4 is 5.32 Å². The fourth-order valence-corrected chi connectivity index (χ4v) is 1.89. The average Bonchev–Trinajstić information content (AvgIpc) is 2.64. The maximum Gasteiger partial charge on any atom is 0.127 e. The lowest BCUT2D eigenvalue weighted by molar-refractivity contribution is 0.562. The lowest BCUT2D eigenvalue weighted by atomic mass is 9.96. The highest BCUT2D eigenvalue weighted by molar-refractivity contribution is 5.28. The Kier molecular flexibility index (Phi) is 2.50. The monoisotopic (exact) mass is 197 g/mol. The molecular formula is C11H13F2N. The first kappa shape index (κ1) is 9.59. The van der Waals surface area contributed by atoms with Crippen molar-refractivity contribution in [2.75, 3.05) is 13.1 Å². The van der Waals surface area contributed by atoms with Gasteiger partial charge in [-0.1, -0.05) is 0 Å². The second kappa shape index (κ2) is 3.65. The van der Waals surface area contributed by atoms with Gasteiger partial charge in [0.1, 0.15) is 11.6 Å². The molecule has 0 aliphatic carbocycles. The molecule has 1 heterocycles. The van der Waals surface area contributed by atoms with Crippen LogP contribution in [0.1, 0.15) is 23.5 Å². The first-order chi connectivity index (χ1) is 6.68. The van der Waals surface area contributed by atoms with Crippen molar-refractivity contribution >= 4 is 0 Å². The number of hydrogen-bond donors (Lipinski definition) is 1. The van der Waals surface area contributed by atoms with Gasteiger partial charge in [-0.25, -0.2) is 8.78 Å². The largest absolute Gasteiger partial charge is 0.316 e. The lowest BCUT2D eigenvalue weighted by Crippen LogP contribution is -2.09. The van der Waals surface area contributed by atoms with E-state index >= 15 is 0 Å². The van der Waals surface area contributed by atoms with E-state index in [1.165, 1.54) is 12.1 Å². The number of halogens is 2. The summed E-state index contributed by atoms with van der Waals surface area (Å²) in [6, 6.07) is 2.62. The van der Waals surface area contributed by atoms with Gasteiger partial charge in [-0.2, -0.15) is 0 Å². The molecule has 76 valence electrons. The van der Waals surface area contributed by atoms with Gasteiger partial charge >= 0.3 is 0 Å². The number of aryl methyl sites for hydroxylation is 1. The number of benzene rings is 1. The molecule has 1 N–H and O–H groups in total. The van der Waals surface area contributed by atoms with E-state index in [-0.39, 0.29) is 17.6 Å². The Morgan fingerprint density at radius 3 is 2.71 bits per heavy atom. The fourth-order valence-electron chi connectivity index (χ4n) is 1.89. The van der Waals surface area contributed by atoms with Gasteiger partial charge < -0.3 is 5.32 Å². The van der Waals surface area contributed by atoms with Gasteiger partial charge in [-0.15, -0.1) is 0 Å².